The third-order valence-corrected chi connectivity index (χ3v) is 9.57. The lowest BCUT2D eigenvalue weighted by Gasteiger charge is -2.32. The summed E-state index contributed by atoms with van der Waals surface area (Å²) in [5.74, 6) is -1.55. The van der Waals surface area contributed by atoms with Crippen LogP contribution in [0.4, 0.5) is 0 Å². The van der Waals surface area contributed by atoms with Crippen molar-refractivity contribution in [2.45, 2.75) is 63.7 Å². The van der Waals surface area contributed by atoms with Crippen molar-refractivity contribution in [1.29, 1.82) is 0 Å². The summed E-state index contributed by atoms with van der Waals surface area (Å²) in [6.07, 6.45) is -0.0785. The van der Waals surface area contributed by atoms with E-state index in [1.807, 2.05) is 44.2 Å². The molecule has 1 aromatic heterocycles. The fourth-order valence-corrected chi connectivity index (χ4v) is 6.81. The number of aliphatic hydroxyl groups excluding tert-OH is 1. The number of nitrogens with one attached hydrogen (secondary N) is 1. The van der Waals surface area contributed by atoms with Crippen LogP contribution >= 0.6 is 0 Å². The zero-order valence-electron chi connectivity index (χ0n) is 28.0. The van der Waals surface area contributed by atoms with Crippen LogP contribution in [0.2, 0.25) is 0 Å². The summed E-state index contributed by atoms with van der Waals surface area (Å²) in [6, 6.07) is 13.0. The van der Waals surface area contributed by atoms with E-state index in [0.29, 0.717) is 5.75 Å². The number of carbonyl (C=O) groups excluding carboxylic acids is 2. The minimum Gasteiger partial charge on any atom is -0.497 e. The molecule has 3 N–H and O–H groups in total. The molecule has 2 aromatic carbocycles. The summed E-state index contributed by atoms with van der Waals surface area (Å²) < 4.78 is 35.9. The SMILES string of the molecule is COc1ccc(S(=O)(=O)N(CC(C)C)C[C@@H](O)[C@H](Cc2ccccc2)NC(=O)[C@H](C(C)C)n2cc(O)n(CC(=O)N(C)C)c2=O)cc1. The second-order valence-electron chi connectivity index (χ2n) is 12.5. The van der Waals surface area contributed by atoms with Gasteiger partial charge in [-0.25, -0.2) is 13.2 Å². The third-order valence-electron chi connectivity index (χ3n) is 7.72. The average molecular weight is 674 g/mol. The van der Waals surface area contributed by atoms with Crippen LogP contribution in [-0.2, 0) is 32.6 Å². The molecule has 0 aliphatic carbocycles. The van der Waals surface area contributed by atoms with Crippen molar-refractivity contribution in [3.63, 3.8) is 0 Å². The van der Waals surface area contributed by atoms with Gasteiger partial charge in [0, 0.05) is 27.2 Å². The minimum atomic E-state index is -4.05. The fraction of sp³-hybridized carbons (Fsp3) is 0.485. The number of aromatic hydroxyl groups is 1. The summed E-state index contributed by atoms with van der Waals surface area (Å²) >= 11 is 0. The van der Waals surface area contributed by atoms with E-state index in [0.717, 1.165) is 20.9 Å². The molecule has 3 atom stereocenters. The molecule has 3 rings (SSSR count). The molecule has 0 fully saturated rings. The second-order valence-corrected chi connectivity index (χ2v) is 14.4. The van der Waals surface area contributed by atoms with Crippen LogP contribution in [-0.4, -0.2) is 95.2 Å². The van der Waals surface area contributed by atoms with Gasteiger partial charge in [-0.1, -0.05) is 58.0 Å². The van der Waals surface area contributed by atoms with E-state index >= 15 is 0 Å². The standard InChI is InChI=1S/C33H47N5O8S/c1-22(2)18-36(47(44,45)26-15-13-25(46-7)14-16-26)19-28(39)27(17-24-11-9-8-10-12-24)34-32(42)31(23(3)4)38-21-30(41)37(33(38)43)20-29(40)35(5)6/h8-16,21-23,27-28,31,39,41H,17-20H2,1-7H3,(H,34,42)/t27-,28+,31-/m0/s1. The number of aromatic nitrogens is 2. The van der Waals surface area contributed by atoms with E-state index < -0.39 is 64.1 Å². The van der Waals surface area contributed by atoms with Crippen LogP contribution < -0.4 is 15.7 Å². The van der Waals surface area contributed by atoms with Gasteiger partial charge in [-0.15, -0.1) is 0 Å². The number of likely N-dealkylation sites (N-methyl/N-ethyl adjacent to an activating group) is 1. The van der Waals surface area contributed by atoms with Gasteiger partial charge in [-0.3, -0.25) is 18.7 Å². The summed E-state index contributed by atoms with van der Waals surface area (Å²) in [5, 5.41) is 25.0. The lowest BCUT2D eigenvalue weighted by molar-refractivity contribution is -0.129. The molecule has 1 heterocycles. The Labute approximate surface area is 276 Å². The van der Waals surface area contributed by atoms with Crippen molar-refractivity contribution in [2.75, 3.05) is 34.3 Å². The van der Waals surface area contributed by atoms with Crippen LogP contribution in [0, 0.1) is 11.8 Å². The van der Waals surface area contributed by atoms with E-state index in [1.54, 1.807) is 26.0 Å². The van der Waals surface area contributed by atoms with Gasteiger partial charge in [0.2, 0.25) is 27.7 Å². The molecule has 0 aliphatic heterocycles. The van der Waals surface area contributed by atoms with Gasteiger partial charge in [0.25, 0.3) is 0 Å². The lowest BCUT2D eigenvalue weighted by Crippen LogP contribution is -2.53. The highest BCUT2D eigenvalue weighted by atomic mass is 32.2. The van der Waals surface area contributed by atoms with Crippen molar-refractivity contribution in [1.82, 2.24) is 23.7 Å². The molecule has 14 heteroatoms. The number of benzene rings is 2. The van der Waals surface area contributed by atoms with Gasteiger partial charge in [0.15, 0.2) is 0 Å². The first-order valence-electron chi connectivity index (χ1n) is 15.4. The van der Waals surface area contributed by atoms with E-state index in [4.69, 9.17) is 4.74 Å². The first kappa shape index (κ1) is 37.3. The topological polar surface area (TPSA) is 163 Å². The average Bonchev–Trinajstić information content (AvgIpc) is 3.28. The molecule has 258 valence electrons. The Kier molecular flexibility index (Phi) is 12.8. The quantitative estimate of drug-likeness (QED) is 0.208. The molecular formula is C33H47N5O8S. The first-order chi connectivity index (χ1) is 22.1. The highest BCUT2D eigenvalue weighted by Crippen LogP contribution is 2.23. The number of ether oxygens (including phenoxy) is 1. The number of carbonyl (C=O) groups is 2. The maximum atomic E-state index is 13.9. The monoisotopic (exact) mass is 673 g/mol. The number of aliphatic hydroxyl groups is 1. The molecule has 47 heavy (non-hydrogen) atoms. The normalized spacial score (nSPS) is 13.9. The number of hydrogen-bond donors (Lipinski definition) is 3. The van der Waals surface area contributed by atoms with Crippen molar-refractivity contribution in [2.24, 2.45) is 11.8 Å². The molecule has 0 unspecified atom stereocenters. The Morgan fingerprint density at radius 2 is 1.60 bits per heavy atom. The zero-order chi connectivity index (χ0) is 35.1. The molecule has 2 amide bonds. The van der Waals surface area contributed by atoms with Crippen molar-refractivity contribution in [3.05, 3.63) is 76.8 Å². The van der Waals surface area contributed by atoms with Crippen LogP contribution in [0.3, 0.4) is 0 Å². The molecular weight excluding hydrogens is 626 g/mol. The van der Waals surface area contributed by atoms with Crippen molar-refractivity contribution < 1.29 is 33.0 Å². The number of rotatable bonds is 16. The smallest absolute Gasteiger partial charge is 0.332 e. The number of nitrogens with zero attached hydrogens (tertiary/aromatic N) is 4. The number of hydrogen-bond acceptors (Lipinski definition) is 8. The number of amides is 2. The van der Waals surface area contributed by atoms with Crippen LogP contribution in [0.25, 0.3) is 0 Å². The zero-order valence-corrected chi connectivity index (χ0v) is 28.8. The van der Waals surface area contributed by atoms with Crippen LogP contribution in [0.1, 0.15) is 39.3 Å². The number of sulfonamides is 1. The summed E-state index contributed by atoms with van der Waals surface area (Å²) in [6.45, 7) is 6.56. The molecule has 3 aromatic rings. The minimum absolute atomic E-state index is 0.0334. The highest BCUT2D eigenvalue weighted by Gasteiger charge is 2.34. The molecule has 0 radical (unpaired) electrons. The Balaban J connectivity index is 1.97. The van der Waals surface area contributed by atoms with Gasteiger partial charge < -0.3 is 25.2 Å². The fourth-order valence-electron chi connectivity index (χ4n) is 5.19. The molecule has 0 saturated carbocycles. The third kappa shape index (κ3) is 9.46. The summed E-state index contributed by atoms with van der Waals surface area (Å²) in [4.78, 5) is 40.9. The molecule has 0 saturated heterocycles. The highest BCUT2D eigenvalue weighted by molar-refractivity contribution is 7.89. The maximum absolute atomic E-state index is 13.9. The Morgan fingerprint density at radius 1 is 0.979 bits per heavy atom. The van der Waals surface area contributed by atoms with E-state index in [2.05, 4.69) is 5.32 Å². The van der Waals surface area contributed by atoms with Gasteiger partial charge in [-0.2, -0.15) is 4.31 Å². The lowest BCUT2D eigenvalue weighted by atomic mass is 9.98. The van der Waals surface area contributed by atoms with Crippen molar-refractivity contribution in [3.8, 4) is 11.6 Å². The second kappa shape index (κ2) is 16.1. The maximum Gasteiger partial charge on any atom is 0.332 e. The van der Waals surface area contributed by atoms with Crippen LogP contribution in [0.15, 0.2) is 70.5 Å². The summed E-state index contributed by atoms with van der Waals surface area (Å²) in [5.41, 5.74) is 0.0370. The predicted molar refractivity (Wildman–Crippen MR) is 178 cm³/mol. The summed E-state index contributed by atoms with van der Waals surface area (Å²) in [7, 11) is 0.478. The van der Waals surface area contributed by atoms with Gasteiger partial charge >= 0.3 is 5.69 Å². The Morgan fingerprint density at radius 3 is 2.13 bits per heavy atom. The molecule has 0 bridgehead atoms. The largest absolute Gasteiger partial charge is 0.497 e. The number of methoxy groups -OCH3 is 1. The molecule has 0 spiro atoms. The van der Waals surface area contributed by atoms with Gasteiger partial charge in [0.1, 0.15) is 18.3 Å². The van der Waals surface area contributed by atoms with Crippen molar-refractivity contribution >= 4 is 21.8 Å². The van der Waals surface area contributed by atoms with E-state index in [-0.39, 0.29) is 30.3 Å². The predicted octanol–water partition coefficient (Wildman–Crippen LogP) is 2.08. The van der Waals surface area contributed by atoms with E-state index in [1.165, 1.54) is 42.5 Å². The van der Waals surface area contributed by atoms with Gasteiger partial charge in [0.05, 0.1) is 30.3 Å². The Hall–Kier alpha value is -4.14. The first-order valence-corrected chi connectivity index (χ1v) is 16.9. The molecule has 13 nitrogen and oxygen atoms in total. The molecule has 0 aliphatic rings. The van der Waals surface area contributed by atoms with E-state index in [9.17, 15) is 33.0 Å². The van der Waals surface area contributed by atoms with Crippen LogP contribution in [0.5, 0.6) is 11.6 Å². The Bertz CT molecular complexity index is 1650. The van der Waals surface area contributed by atoms with Gasteiger partial charge in [-0.05, 0) is 48.1 Å². The number of imidazole rings is 1.